The summed E-state index contributed by atoms with van der Waals surface area (Å²) in [6.07, 6.45) is 2.64. The van der Waals surface area contributed by atoms with Gasteiger partial charge in [0.05, 0.1) is 0 Å². The molecule has 0 aliphatic rings. The van der Waals surface area contributed by atoms with Gasteiger partial charge in [-0.2, -0.15) is 0 Å². The first-order chi connectivity index (χ1) is 3.33. The Balaban J connectivity index is -0.0000000575. The van der Waals surface area contributed by atoms with E-state index in [4.69, 9.17) is 9.46 Å². The van der Waals surface area contributed by atoms with Crippen LogP contribution < -0.4 is 6.15 Å². The van der Waals surface area contributed by atoms with Gasteiger partial charge < -0.3 is 11.0 Å². The summed E-state index contributed by atoms with van der Waals surface area (Å²) in [6.45, 7) is 4.36. The predicted octanol–water partition coefficient (Wildman–Crippen LogP) is 2.15. The van der Waals surface area contributed by atoms with E-state index in [9.17, 15) is 0 Å². The van der Waals surface area contributed by atoms with Crippen LogP contribution in [-0.4, -0.2) is 4.89 Å². The molecule has 52 valence electrons. The highest BCUT2D eigenvalue weighted by Gasteiger charge is 1.56. The van der Waals surface area contributed by atoms with Crippen molar-refractivity contribution in [2.75, 3.05) is 0 Å². The third-order valence-corrected chi connectivity index (χ3v) is 0.500. The monoisotopic (exact) mass is 139 g/mol. The summed E-state index contributed by atoms with van der Waals surface area (Å²) in [5.74, 6) is 0. The van der Waals surface area contributed by atoms with Gasteiger partial charge in [0, 0.05) is 0 Å². The molecule has 0 aliphatic heterocycles. The molecule has 3 nitrogen and oxygen atoms in total. The van der Waals surface area contributed by atoms with Crippen LogP contribution in [0.4, 0.5) is 0 Å². The molecular formula is C4H14NO2P. The number of rotatable bonds is 1. The van der Waals surface area contributed by atoms with Crippen LogP contribution >= 0.6 is 8.69 Å². The van der Waals surface area contributed by atoms with E-state index in [1.807, 2.05) is 0 Å². The highest BCUT2D eigenvalue weighted by atomic mass is 31.1. The molecule has 0 aromatic heterocycles. The van der Waals surface area contributed by atoms with Crippen LogP contribution in [0.25, 0.3) is 0 Å². The Morgan fingerprint density at radius 1 is 1.38 bits per heavy atom. The fourth-order valence-corrected chi connectivity index (χ4v) is 0. The van der Waals surface area contributed by atoms with E-state index in [1.54, 1.807) is 0 Å². The van der Waals surface area contributed by atoms with E-state index in [1.165, 1.54) is 12.8 Å². The molecule has 0 atom stereocenters. The lowest BCUT2D eigenvalue weighted by molar-refractivity contribution is 0.524. The molecule has 0 heterocycles. The third kappa shape index (κ3) is 146. The van der Waals surface area contributed by atoms with Gasteiger partial charge in [0.15, 0.2) is 0 Å². The zero-order valence-electron chi connectivity index (χ0n) is 5.42. The van der Waals surface area contributed by atoms with Crippen molar-refractivity contribution in [3.63, 3.8) is 0 Å². The average molecular weight is 139 g/mol. The molecule has 0 aromatic rings. The normalized spacial score (nSPS) is 6.38. The molecule has 4 N–H and O–H groups in total. The highest BCUT2D eigenvalue weighted by molar-refractivity contribution is 7.16. The Hall–Kier alpha value is 0.0200. The summed E-state index contributed by atoms with van der Waals surface area (Å²) in [7, 11) is -0.833. The Kier molecular flexibility index (Phi) is 54.7. The van der Waals surface area contributed by atoms with Gasteiger partial charge in [-0.3, -0.25) is 0 Å². The van der Waals surface area contributed by atoms with Gasteiger partial charge in [-0.15, -0.1) is 0 Å². The van der Waals surface area contributed by atoms with Crippen molar-refractivity contribution < 1.29 is 9.46 Å². The lowest BCUT2D eigenvalue weighted by Crippen LogP contribution is -1.47. The van der Waals surface area contributed by atoms with Crippen molar-refractivity contribution in [1.29, 1.82) is 0 Å². The summed E-state index contributed by atoms with van der Waals surface area (Å²) in [5, 5.41) is 0. The molecule has 0 radical (unpaired) electrons. The van der Waals surface area contributed by atoms with Gasteiger partial charge in [0.2, 0.25) is 0 Å². The van der Waals surface area contributed by atoms with Crippen molar-refractivity contribution in [1.82, 2.24) is 6.15 Å². The minimum absolute atomic E-state index is 0. The molecule has 0 saturated carbocycles. The van der Waals surface area contributed by atoms with Crippen molar-refractivity contribution in [3.8, 4) is 0 Å². The van der Waals surface area contributed by atoms with Crippen LogP contribution in [-0.2, 0) is 4.57 Å². The van der Waals surface area contributed by atoms with Crippen LogP contribution in [0.1, 0.15) is 26.7 Å². The second-order valence-corrected chi connectivity index (χ2v) is 1.24. The minimum Gasteiger partial charge on any atom is -0.344 e. The maximum absolute atomic E-state index is 8.46. The molecule has 0 fully saturated rings. The first-order valence-electron chi connectivity index (χ1n) is 2.30. The standard InChI is InChI=1S/C4H10.H3N.HO2P/c1-3-4-2;;1-3-2/h3-4H2,1-2H3;1H3;(H,1,2). The fraction of sp³-hybridized carbons (Fsp3) is 1.00. The van der Waals surface area contributed by atoms with Gasteiger partial charge >= 0.3 is 8.69 Å². The first-order valence-corrected chi connectivity index (χ1v) is 3.06. The van der Waals surface area contributed by atoms with E-state index in [0.29, 0.717) is 0 Å². The minimum atomic E-state index is -0.833. The second-order valence-electron chi connectivity index (χ2n) is 1.08. The number of unbranched alkanes of at least 4 members (excludes halogenated alkanes) is 1. The SMILES string of the molecule is CCCC.N.O=PO. The predicted molar refractivity (Wildman–Crippen MR) is 35.4 cm³/mol. The molecule has 0 unspecified atom stereocenters. The molecule has 0 saturated heterocycles. The van der Waals surface area contributed by atoms with Gasteiger partial charge in [0.25, 0.3) is 0 Å². The molecule has 0 amide bonds. The van der Waals surface area contributed by atoms with E-state index >= 15 is 0 Å². The van der Waals surface area contributed by atoms with Gasteiger partial charge in [0.1, 0.15) is 0 Å². The van der Waals surface area contributed by atoms with Crippen LogP contribution in [0.5, 0.6) is 0 Å². The van der Waals surface area contributed by atoms with Crippen molar-refractivity contribution in [3.05, 3.63) is 0 Å². The van der Waals surface area contributed by atoms with E-state index < -0.39 is 8.69 Å². The molecule has 0 aliphatic carbocycles. The van der Waals surface area contributed by atoms with Crippen LogP contribution in [0.2, 0.25) is 0 Å². The lowest BCUT2D eigenvalue weighted by Gasteiger charge is -1.68. The Labute approximate surface area is 52.0 Å². The molecule has 8 heavy (non-hydrogen) atoms. The quantitative estimate of drug-likeness (QED) is 0.546. The Morgan fingerprint density at radius 2 is 1.50 bits per heavy atom. The lowest BCUT2D eigenvalue weighted by atomic mass is 10.4. The molecule has 4 heteroatoms. The molecular weight excluding hydrogens is 125 g/mol. The highest BCUT2D eigenvalue weighted by Crippen LogP contribution is 1.76. The Bertz CT molecular complexity index is 33.2. The molecule has 0 spiro atoms. The van der Waals surface area contributed by atoms with Crippen LogP contribution in [0, 0.1) is 0 Å². The van der Waals surface area contributed by atoms with Crippen LogP contribution in [0.15, 0.2) is 0 Å². The zero-order valence-corrected chi connectivity index (χ0v) is 6.32. The summed E-state index contributed by atoms with van der Waals surface area (Å²) >= 11 is 0. The first kappa shape index (κ1) is 15.7. The average Bonchev–Trinajstić information content (AvgIpc) is 1.69. The van der Waals surface area contributed by atoms with Crippen LogP contribution in [0.3, 0.4) is 0 Å². The smallest absolute Gasteiger partial charge is 0.324 e. The third-order valence-electron chi connectivity index (χ3n) is 0.500. The van der Waals surface area contributed by atoms with E-state index in [0.717, 1.165) is 0 Å². The molecule has 0 aromatic carbocycles. The Morgan fingerprint density at radius 3 is 1.50 bits per heavy atom. The number of hydrogen-bond acceptors (Lipinski definition) is 2. The van der Waals surface area contributed by atoms with Gasteiger partial charge in [-0.1, -0.05) is 26.7 Å². The maximum Gasteiger partial charge on any atom is 0.324 e. The largest absolute Gasteiger partial charge is 0.344 e. The zero-order chi connectivity index (χ0) is 6.12. The summed E-state index contributed by atoms with van der Waals surface area (Å²) in [4.78, 5) is 6.99. The second kappa shape index (κ2) is 27.9. The van der Waals surface area contributed by atoms with Gasteiger partial charge in [-0.25, -0.2) is 4.57 Å². The van der Waals surface area contributed by atoms with E-state index in [-0.39, 0.29) is 6.15 Å². The molecule has 0 rings (SSSR count). The van der Waals surface area contributed by atoms with E-state index in [2.05, 4.69) is 13.8 Å². The van der Waals surface area contributed by atoms with Crippen molar-refractivity contribution >= 4 is 8.69 Å². The summed E-state index contributed by atoms with van der Waals surface area (Å²) in [6, 6.07) is 0. The summed E-state index contributed by atoms with van der Waals surface area (Å²) < 4.78 is 8.46. The van der Waals surface area contributed by atoms with Gasteiger partial charge in [-0.05, 0) is 0 Å². The topological polar surface area (TPSA) is 72.3 Å². The number of hydrogen-bond donors (Lipinski definition) is 2. The molecule has 0 bridgehead atoms. The van der Waals surface area contributed by atoms with Crippen molar-refractivity contribution in [2.45, 2.75) is 26.7 Å². The fourth-order valence-electron chi connectivity index (χ4n) is 0. The van der Waals surface area contributed by atoms with Crippen molar-refractivity contribution in [2.24, 2.45) is 0 Å². The maximum atomic E-state index is 8.46. The summed E-state index contributed by atoms with van der Waals surface area (Å²) in [5.41, 5.74) is 0.